The number of rotatable bonds is 5. The summed E-state index contributed by atoms with van der Waals surface area (Å²) in [5.41, 5.74) is 0.973. The van der Waals surface area contributed by atoms with Gasteiger partial charge < -0.3 is 10.1 Å². The molecule has 1 fully saturated rings. The number of nitrogens with zero attached hydrogens (tertiary/aromatic N) is 1. The Morgan fingerprint density at radius 1 is 1.42 bits per heavy atom. The number of nitrogens with one attached hydrogen (secondary N) is 1. The van der Waals surface area contributed by atoms with Crippen molar-refractivity contribution in [3.05, 3.63) is 33.9 Å². The van der Waals surface area contributed by atoms with Crippen molar-refractivity contribution in [2.24, 2.45) is 5.92 Å². The summed E-state index contributed by atoms with van der Waals surface area (Å²) in [5, 5.41) is 14.4. The molecule has 0 heterocycles. The first-order valence-corrected chi connectivity index (χ1v) is 6.66. The fourth-order valence-electron chi connectivity index (χ4n) is 2.67. The van der Waals surface area contributed by atoms with Gasteiger partial charge in [0.05, 0.1) is 18.1 Å². The van der Waals surface area contributed by atoms with Crippen LogP contribution in [0.15, 0.2) is 18.2 Å². The van der Waals surface area contributed by atoms with Gasteiger partial charge in [0, 0.05) is 18.7 Å². The minimum Gasteiger partial charge on any atom is -0.496 e. The third-order valence-electron chi connectivity index (χ3n) is 3.83. The van der Waals surface area contributed by atoms with Crippen molar-refractivity contribution in [3.63, 3.8) is 0 Å². The van der Waals surface area contributed by atoms with E-state index in [1.54, 1.807) is 6.07 Å². The van der Waals surface area contributed by atoms with E-state index in [-0.39, 0.29) is 10.6 Å². The SMILES string of the molecule is COc1cc(CNC2CCCC2C)cc([N+](=O)[O-])c1. The van der Waals surface area contributed by atoms with Crippen LogP contribution in [-0.2, 0) is 6.54 Å². The molecule has 0 amide bonds. The zero-order valence-corrected chi connectivity index (χ0v) is 11.4. The second-order valence-corrected chi connectivity index (χ2v) is 5.19. The normalized spacial score (nSPS) is 22.4. The summed E-state index contributed by atoms with van der Waals surface area (Å²) in [6.07, 6.45) is 3.71. The zero-order valence-electron chi connectivity index (χ0n) is 11.4. The fourth-order valence-corrected chi connectivity index (χ4v) is 2.67. The fraction of sp³-hybridized carbons (Fsp3) is 0.571. The molecule has 2 atom stereocenters. The highest BCUT2D eigenvalue weighted by atomic mass is 16.6. The second kappa shape index (κ2) is 6.02. The van der Waals surface area contributed by atoms with Gasteiger partial charge in [-0.1, -0.05) is 13.3 Å². The lowest BCUT2D eigenvalue weighted by Gasteiger charge is -2.17. The molecule has 1 aromatic carbocycles. The van der Waals surface area contributed by atoms with Gasteiger partial charge in [-0.25, -0.2) is 0 Å². The number of nitro groups is 1. The van der Waals surface area contributed by atoms with Crippen molar-refractivity contribution >= 4 is 5.69 Å². The predicted molar refractivity (Wildman–Crippen MR) is 73.3 cm³/mol. The Morgan fingerprint density at radius 2 is 2.21 bits per heavy atom. The quantitative estimate of drug-likeness (QED) is 0.656. The predicted octanol–water partition coefficient (Wildman–Crippen LogP) is 2.88. The molecule has 1 aliphatic rings. The van der Waals surface area contributed by atoms with Crippen LogP contribution in [0, 0.1) is 16.0 Å². The second-order valence-electron chi connectivity index (χ2n) is 5.19. The molecule has 19 heavy (non-hydrogen) atoms. The summed E-state index contributed by atoms with van der Waals surface area (Å²) in [5.74, 6) is 1.21. The van der Waals surface area contributed by atoms with Crippen LogP contribution in [0.4, 0.5) is 5.69 Å². The number of methoxy groups -OCH3 is 1. The molecule has 0 spiro atoms. The van der Waals surface area contributed by atoms with E-state index in [4.69, 9.17) is 4.74 Å². The number of nitro benzene ring substituents is 1. The van der Waals surface area contributed by atoms with E-state index in [0.29, 0.717) is 24.3 Å². The zero-order chi connectivity index (χ0) is 13.8. The Kier molecular flexibility index (Phi) is 4.37. The van der Waals surface area contributed by atoms with Crippen LogP contribution in [0.3, 0.4) is 0 Å². The number of non-ortho nitro benzene ring substituents is 1. The third kappa shape index (κ3) is 3.44. The molecule has 5 heteroatoms. The van der Waals surface area contributed by atoms with E-state index in [9.17, 15) is 10.1 Å². The van der Waals surface area contributed by atoms with Crippen LogP contribution in [0.5, 0.6) is 5.75 Å². The highest BCUT2D eigenvalue weighted by molar-refractivity contribution is 5.42. The smallest absolute Gasteiger partial charge is 0.273 e. The summed E-state index contributed by atoms with van der Waals surface area (Å²) in [6.45, 7) is 2.89. The highest BCUT2D eigenvalue weighted by Gasteiger charge is 2.22. The molecule has 1 aliphatic carbocycles. The Labute approximate surface area is 113 Å². The third-order valence-corrected chi connectivity index (χ3v) is 3.83. The van der Waals surface area contributed by atoms with Gasteiger partial charge in [-0.2, -0.15) is 0 Å². The number of hydrogen-bond acceptors (Lipinski definition) is 4. The summed E-state index contributed by atoms with van der Waals surface area (Å²) in [4.78, 5) is 10.5. The summed E-state index contributed by atoms with van der Waals surface area (Å²) in [6, 6.07) is 5.42. The first-order valence-electron chi connectivity index (χ1n) is 6.66. The average Bonchev–Trinajstić information content (AvgIpc) is 2.81. The summed E-state index contributed by atoms with van der Waals surface area (Å²) < 4.78 is 5.11. The van der Waals surface area contributed by atoms with Gasteiger partial charge in [-0.15, -0.1) is 0 Å². The molecule has 1 aromatic rings. The lowest BCUT2D eigenvalue weighted by atomic mass is 10.1. The molecule has 0 bridgehead atoms. The van der Waals surface area contributed by atoms with Crippen molar-refractivity contribution in [1.82, 2.24) is 5.32 Å². The maximum Gasteiger partial charge on any atom is 0.273 e. The highest BCUT2D eigenvalue weighted by Crippen LogP contribution is 2.26. The molecule has 1 saturated carbocycles. The first-order chi connectivity index (χ1) is 9.10. The molecule has 1 N–H and O–H groups in total. The molecule has 0 radical (unpaired) electrons. The number of ether oxygens (including phenoxy) is 1. The van der Waals surface area contributed by atoms with E-state index >= 15 is 0 Å². The molecular formula is C14H20N2O3. The van der Waals surface area contributed by atoms with Gasteiger partial charge in [-0.3, -0.25) is 10.1 Å². The van der Waals surface area contributed by atoms with Gasteiger partial charge in [0.2, 0.25) is 0 Å². The molecule has 5 nitrogen and oxygen atoms in total. The van der Waals surface area contributed by atoms with Gasteiger partial charge >= 0.3 is 0 Å². The van der Waals surface area contributed by atoms with E-state index in [2.05, 4.69) is 12.2 Å². The average molecular weight is 264 g/mol. The monoisotopic (exact) mass is 264 g/mol. The summed E-state index contributed by atoms with van der Waals surface area (Å²) in [7, 11) is 1.52. The van der Waals surface area contributed by atoms with E-state index in [1.807, 2.05) is 6.07 Å². The van der Waals surface area contributed by atoms with Crippen molar-refractivity contribution in [2.75, 3.05) is 7.11 Å². The topological polar surface area (TPSA) is 64.4 Å². The molecule has 0 saturated heterocycles. The number of benzene rings is 1. The Morgan fingerprint density at radius 3 is 2.79 bits per heavy atom. The molecule has 0 aliphatic heterocycles. The van der Waals surface area contributed by atoms with Crippen LogP contribution < -0.4 is 10.1 Å². The van der Waals surface area contributed by atoms with E-state index < -0.39 is 0 Å². The van der Waals surface area contributed by atoms with Crippen molar-refractivity contribution in [2.45, 2.75) is 38.8 Å². The van der Waals surface area contributed by atoms with Gasteiger partial charge in [0.15, 0.2) is 0 Å². The molecule has 2 rings (SSSR count). The van der Waals surface area contributed by atoms with Crippen molar-refractivity contribution in [3.8, 4) is 5.75 Å². The minimum atomic E-state index is -0.385. The van der Waals surface area contributed by atoms with Crippen LogP contribution in [0.25, 0.3) is 0 Å². The lowest BCUT2D eigenvalue weighted by Crippen LogP contribution is -2.30. The Bertz CT molecular complexity index is 462. The maximum atomic E-state index is 10.9. The van der Waals surface area contributed by atoms with Crippen molar-refractivity contribution < 1.29 is 9.66 Å². The first kappa shape index (κ1) is 13.8. The standard InChI is InChI=1S/C14H20N2O3/c1-10-4-3-5-14(10)15-9-11-6-12(16(17)18)8-13(7-11)19-2/h6-8,10,14-15H,3-5,9H2,1-2H3. The largest absolute Gasteiger partial charge is 0.496 e. The Hall–Kier alpha value is -1.62. The molecular weight excluding hydrogens is 244 g/mol. The Balaban J connectivity index is 2.06. The van der Waals surface area contributed by atoms with Crippen LogP contribution in [0.1, 0.15) is 31.7 Å². The number of hydrogen-bond donors (Lipinski definition) is 1. The molecule has 104 valence electrons. The molecule has 2 unspecified atom stereocenters. The lowest BCUT2D eigenvalue weighted by molar-refractivity contribution is -0.385. The van der Waals surface area contributed by atoms with Crippen LogP contribution in [-0.4, -0.2) is 18.1 Å². The van der Waals surface area contributed by atoms with Crippen LogP contribution >= 0.6 is 0 Å². The van der Waals surface area contributed by atoms with Crippen LogP contribution in [0.2, 0.25) is 0 Å². The summed E-state index contributed by atoms with van der Waals surface area (Å²) >= 11 is 0. The van der Waals surface area contributed by atoms with Gasteiger partial charge in [-0.05, 0) is 30.4 Å². The molecule has 0 aromatic heterocycles. The maximum absolute atomic E-state index is 10.9. The van der Waals surface area contributed by atoms with E-state index in [1.165, 1.54) is 32.4 Å². The van der Waals surface area contributed by atoms with Crippen molar-refractivity contribution in [1.29, 1.82) is 0 Å². The van der Waals surface area contributed by atoms with Gasteiger partial charge in [0.25, 0.3) is 5.69 Å². The minimum absolute atomic E-state index is 0.0793. The van der Waals surface area contributed by atoms with E-state index in [0.717, 1.165) is 5.56 Å². The van der Waals surface area contributed by atoms with Gasteiger partial charge in [0.1, 0.15) is 5.75 Å².